The largest absolute Gasteiger partial charge is 0.508 e. The van der Waals surface area contributed by atoms with Gasteiger partial charge in [0.2, 0.25) is 5.91 Å². The van der Waals surface area contributed by atoms with Crippen LogP contribution in [0.3, 0.4) is 0 Å². The van der Waals surface area contributed by atoms with Gasteiger partial charge in [0.25, 0.3) is 0 Å². The highest BCUT2D eigenvalue weighted by atomic mass is 19.1. The van der Waals surface area contributed by atoms with Crippen LogP contribution < -0.4 is 0 Å². The van der Waals surface area contributed by atoms with E-state index in [0.717, 1.165) is 101 Å². The van der Waals surface area contributed by atoms with Crippen molar-refractivity contribution in [2.24, 2.45) is 29.1 Å². The van der Waals surface area contributed by atoms with Crippen molar-refractivity contribution in [1.82, 2.24) is 4.90 Å². The lowest BCUT2D eigenvalue weighted by atomic mass is 9.51. The lowest BCUT2D eigenvalue weighted by Crippen LogP contribution is -2.51. The summed E-state index contributed by atoms with van der Waals surface area (Å²) in [5.41, 5.74) is 1.91. The Morgan fingerprint density at radius 2 is 1.68 bits per heavy atom. The predicted molar refractivity (Wildman–Crippen MR) is 177 cm³/mol. The average molecular weight is 612 g/mol. The Morgan fingerprint density at radius 1 is 0.955 bits per heavy atom. The van der Waals surface area contributed by atoms with E-state index >= 15 is 4.39 Å². The van der Waals surface area contributed by atoms with Crippen molar-refractivity contribution >= 4 is 5.91 Å². The summed E-state index contributed by atoms with van der Waals surface area (Å²) in [5, 5.41) is 21.2. The molecule has 0 aliphatic heterocycles. The number of aliphatic hydroxyl groups excluding tert-OH is 1. The van der Waals surface area contributed by atoms with Gasteiger partial charge in [-0.2, -0.15) is 0 Å². The lowest BCUT2D eigenvalue weighted by Gasteiger charge is -2.54. The number of rotatable bonds is 15. The van der Waals surface area contributed by atoms with E-state index in [1.54, 1.807) is 6.07 Å². The number of unbranched alkanes of at least 4 members (excludes halogenated alkanes) is 6. The standard InChI is InChI=1S/C39H62FNO3/c1-3-4-5-12-23-41(36(44)22-17-28-14-9-8-10-15-28)24-13-7-6-11-16-29-25-30-26-31(42)18-19-32(30)38-34(40)27-39(2)33(37(29)38)20-21-35(39)43/h18-19,26,28-29,33-35,37-38,42-43H,3-17,20-25,27H2,1-2H3/t29-,33+,34+,35+,37+,38+,39+/m1/s1. The molecule has 0 heterocycles. The minimum Gasteiger partial charge on any atom is -0.508 e. The Hall–Kier alpha value is -1.62. The molecular formula is C39H62FNO3. The number of carbonyl (C=O) groups is 1. The number of nitrogens with zero attached hydrogens (tertiary/aromatic N) is 1. The number of alkyl halides is 1. The van der Waals surface area contributed by atoms with Crippen molar-refractivity contribution in [3.8, 4) is 5.75 Å². The van der Waals surface area contributed by atoms with Gasteiger partial charge in [-0.1, -0.05) is 90.5 Å². The average Bonchev–Trinajstić information content (AvgIpc) is 3.31. The fourth-order valence-corrected chi connectivity index (χ4v) is 10.1. The number of carbonyl (C=O) groups excluding carboxylic acids is 1. The van der Waals surface area contributed by atoms with Crippen LogP contribution in [0, 0.1) is 29.1 Å². The summed E-state index contributed by atoms with van der Waals surface area (Å²) in [6.45, 7) is 6.19. The smallest absolute Gasteiger partial charge is 0.222 e. The monoisotopic (exact) mass is 611 g/mol. The first-order chi connectivity index (χ1) is 21.3. The highest BCUT2D eigenvalue weighted by molar-refractivity contribution is 5.76. The molecule has 1 amide bonds. The number of benzene rings is 1. The van der Waals surface area contributed by atoms with E-state index in [1.807, 2.05) is 12.1 Å². The van der Waals surface area contributed by atoms with Crippen molar-refractivity contribution < 1.29 is 19.4 Å². The van der Waals surface area contributed by atoms with E-state index in [2.05, 4.69) is 18.7 Å². The molecule has 2 N–H and O–H groups in total. The Bertz CT molecular complexity index is 1060. The van der Waals surface area contributed by atoms with Gasteiger partial charge in [0, 0.05) is 25.4 Å². The minimum atomic E-state index is -0.945. The van der Waals surface area contributed by atoms with Gasteiger partial charge in [0.05, 0.1) is 6.10 Å². The normalized spacial score (nSPS) is 31.7. The van der Waals surface area contributed by atoms with Crippen LogP contribution in [0.4, 0.5) is 4.39 Å². The third-order valence-corrected chi connectivity index (χ3v) is 12.7. The summed E-state index contributed by atoms with van der Waals surface area (Å²) in [5.74, 6) is 2.31. The van der Waals surface area contributed by atoms with Crippen LogP contribution in [0.25, 0.3) is 0 Å². The van der Waals surface area contributed by atoms with Gasteiger partial charge in [-0.3, -0.25) is 4.79 Å². The van der Waals surface area contributed by atoms with E-state index in [-0.39, 0.29) is 23.0 Å². The molecule has 4 aliphatic carbocycles. The molecule has 248 valence electrons. The van der Waals surface area contributed by atoms with Crippen LogP contribution in [0.15, 0.2) is 18.2 Å². The van der Waals surface area contributed by atoms with Crippen LogP contribution in [0.5, 0.6) is 5.75 Å². The first kappa shape index (κ1) is 33.7. The topological polar surface area (TPSA) is 60.8 Å². The number of phenolic OH excluding ortho intramolecular Hbond substituents is 1. The summed E-state index contributed by atoms with van der Waals surface area (Å²) in [6, 6.07) is 5.58. The van der Waals surface area contributed by atoms with E-state index < -0.39 is 12.3 Å². The molecule has 0 saturated heterocycles. The van der Waals surface area contributed by atoms with Crippen LogP contribution >= 0.6 is 0 Å². The number of aliphatic hydroxyl groups is 1. The molecule has 1 aromatic rings. The second kappa shape index (κ2) is 15.8. The molecule has 4 aliphatic rings. The van der Waals surface area contributed by atoms with Crippen LogP contribution in [-0.4, -0.2) is 46.4 Å². The Kier molecular flexibility index (Phi) is 12.1. The molecule has 3 fully saturated rings. The third kappa shape index (κ3) is 7.84. The predicted octanol–water partition coefficient (Wildman–Crippen LogP) is 9.50. The Labute approximate surface area is 267 Å². The summed E-state index contributed by atoms with van der Waals surface area (Å²) < 4.78 is 16.0. The first-order valence-corrected chi connectivity index (χ1v) is 18.7. The Morgan fingerprint density at radius 3 is 2.43 bits per heavy atom. The molecule has 1 aromatic carbocycles. The lowest BCUT2D eigenvalue weighted by molar-refractivity contribution is -0.131. The molecule has 0 aromatic heterocycles. The van der Waals surface area contributed by atoms with Crippen LogP contribution in [0.2, 0.25) is 0 Å². The third-order valence-electron chi connectivity index (χ3n) is 12.7. The maximum absolute atomic E-state index is 16.0. The maximum Gasteiger partial charge on any atom is 0.222 e. The SMILES string of the molecule is CCCCCCN(CCCCCC[C@@H]1Cc2cc(O)ccc2[C@@H]2[C@@H]1[C@@H]1CC[C@H](O)[C@@]1(C)C[C@@H]2F)C(=O)CCC1CCCCC1. The van der Waals surface area contributed by atoms with Gasteiger partial charge < -0.3 is 15.1 Å². The number of phenols is 1. The minimum absolute atomic E-state index is 0.117. The molecule has 0 bridgehead atoms. The number of hydrogen-bond acceptors (Lipinski definition) is 3. The number of halogens is 1. The Balaban J connectivity index is 1.14. The van der Waals surface area contributed by atoms with Crippen molar-refractivity contribution in [3.05, 3.63) is 29.3 Å². The summed E-state index contributed by atoms with van der Waals surface area (Å²) >= 11 is 0. The summed E-state index contributed by atoms with van der Waals surface area (Å²) in [4.78, 5) is 15.4. The van der Waals surface area contributed by atoms with E-state index in [1.165, 1.54) is 51.4 Å². The van der Waals surface area contributed by atoms with Crippen LogP contribution in [-0.2, 0) is 11.2 Å². The van der Waals surface area contributed by atoms with Crippen molar-refractivity contribution in [3.63, 3.8) is 0 Å². The molecule has 44 heavy (non-hydrogen) atoms. The molecule has 5 heteroatoms. The molecule has 3 saturated carbocycles. The molecule has 0 radical (unpaired) electrons. The first-order valence-electron chi connectivity index (χ1n) is 18.7. The zero-order valence-corrected chi connectivity index (χ0v) is 28.0. The molecular weight excluding hydrogens is 549 g/mol. The molecule has 0 unspecified atom stereocenters. The van der Waals surface area contributed by atoms with Gasteiger partial charge in [0.1, 0.15) is 11.9 Å². The van der Waals surface area contributed by atoms with Gasteiger partial charge >= 0.3 is 0 Å². The zero-order chi connectivity index (χ0) is 31.1. The van der Waals surface area contributed by atoms with Crippen LogP contribution in [0.1, 0.15) is 153 Å². The number of amides is 1. The summed E-state index contributed by atoms with van der Waals surface area (Å²) in [6.07, 6.45) is 20.6. The van der Waals surface area contributed by atoms with Gasteiger partial charge in [-0.25, -0.2) is 4.39 Å². The fourth-order valence-electron chi connectivity index (χ4n) is 10.1. The van der Waals surface area contributed by atoms with Crippen molar-refractivity contribution in [1.29, 1.82) is 0 Å². The number of hydrogen-bond donors (Lipinski definition) is 2. The van der Waals surface area contributed by atoms with Crippen molar-refractivity contribution in [2.45, 2.75) is 160 Å². The molecule has 7 atom stereocenters. The molecule has 5 rings (SSSR count). The summed E-state index contributed by atoms with van der Waals surface area (Å²) in [7, 11) is 0. The number of fused-ring (bicyclic) bond motifs is 5. The van der Waals surface area contributed by atoms with E-state index in [4.69, 9.17) is 0 Å². The van der Waals surface area contributed by atoms with Gasteiger partial charge in [0.15, 0.2) is 0 Å². The fraction of sp³-hybridized carbons (Fsp3) is 0.821. The quantitative estimate of drug-likeness (QED) is 0.194. The highest BCUT2D eigenvalue weighted by Gasteiger charge is 2.59. The van der Waals surface area contributed by atoms with Gasteiger partial charge in [-0.15, -0.1) is 0 Å². The zero-order valence-electron chi connectivity index (χ0n) is 28.0. The molecule has 4 nitrogen and oxygen atoms in total. The van der Waals surface area contributed by atoms with Crippen molar-refractivity contribution in [2.75, 3.05) is 13.1 Å². The molecule has 0 spiro atoms. The number of aromatic hydroxyl groups is 1. The van der Waals surface area contributed by atoms with E-state index in [9.17, 15) is 15.0 Å². The van der Waals surface area contributed by atoms with Gasteiger partial charge in [-0.05, 0) is 104 Å². The van der Waals surface area contributed by atoms with E-state index in [0.29, 0.717) is 24.2 Å². The second-order valence-corrected chi connectivity index (χ2v) is 15.6. The second-order valence-electron chi connectivity index (χ2n) is 15.6. The maximum atomic E-state index is 16.0. The highest BCUT2D eigenvalue weighted by Crippen LogP contribution is 2.63.